The van der Waals surface area contributed by atoms with Crippen molar-refractivity contribution >= 4 is 44.7 Å². The van der Waals surface area contributed by atoms with Crippen LogP contribution in [0.1, 0.15) is 27.7 Å². The van der Waals surface area contributed by atoms with E-state index in [2.05, 4.69) is 15.3 Å². The Morgan fingerprint density at radius 3 is 2.13 bits per heavy atom. The molecule has 3 aromatic rings. The van der Waals surface area contributed by atoms with Crippen molar-refractivity contribution in [3.8, 4) is 11.5 Å². The van der Waals surface area contributed by atoms with Gasteiger partial charge in [0.05, 0.1) is 27.9 Å². The highest BCUT2D eigenvalue weighted by Gasteiger charge is 2.12. The minimum Gasteiger partial charge on any atom is -0.493 e. The number of anilines is 2. The molecule has 9 heteroatoms. The Balaban J connectivity index is 0.00000106. The average Bonchev–Trinajstić information content (AvgIpc) is 2.81. The molecule has 0 spiro atoms. The third-order valence-electron chi connectivity index (χ3n) is 3.79. The van der Waals surface area contributed by atoms with Gasteiger partial charge in [-0.2, -0.15) is 0 Å². The zero-order valence-electron chi connectivity index (χ0n) is 18.3. The minimum absolute atomic E-state index is 0.251. The van der Waals surface area contributed by atoms with E-state index in [9.17, 15) is 4.89 Å². The fraction of sp³-hybridized carbons (Fsp3) is 0.333. The third kappa shape index (κ3) is 6.75. The molecule has 2 unspecified atom stereocenters. The molecule has 7 nitrogen and oxygen atoms in total. The summed E-state index contributed by atoms with van der Waals surface area (Å²) in [5.74, 6) is 2.26. The predicted molar refractivity (Wildman–Crippen MR) is 129 cm³/mol. The zero-order valence-corrected chi connectivity index (χ0v) is 20.2. The number of benzene rings is 2. The SMILES string of the molecule is CC.CC.COc1cc2ncnc(Nc3ccc(P(O)CPO)cc3)c2cc1OC. The van der Waals surface area contributed by atoms with E-state index in [1.54, 1.807) is 20.3 Å². The molecule has 0 bridgehead atoms. The summed E-state index contributed by atoms with van der Waals surface area (Å²) in [6, 6.07) is 11.1. The van der Waals surface area contributed by atoms with Crippen LogP contribution in [0.15, 0.2) is 42.7 Å². The Morgan fingerprint density at radius 1 is 0.967 bits per heavy atom. The van der Waals surface area contributed by atoms with Gasteiger partial charge in [-0.1, -0.05) is 39.8 Å². The van der Waals surface area contributed by atoms with Gasteiger partial charge in [-0.25, -0.2) is 9.97 Å². The third-order valence-corrected chi connectivity index (χ3v) is 6.45. The summed E-state index contributed by atoms with van der Waals surface area (Å²) in [4.78, 5) is 27.6. The molecule has 2 aromatic carbocycles. The molecule has 164 valence electrons. The first-order valence-electron chi connectivity index (χ1n) is 9.73. The van der Waals surface area contributed by atoms with Crippen molar-refractivity contribution < 1.29 is 19.3 Å². The van der Waals surface area contributed by atoms with Crippen molar-refractivity contribution in [3.05, 3.63) is 42.7 Å². The minimum atomic E-state index is -1.31. The van der Waals surface area contributed by atoms with Crippen LogP contribution in [0.5, 0.6) is 11.5 Å². The lowest BCUT2D eigenvalue weighted by Gasteiger charge is -2.13. The monoisotopic (exact) mass is 451 g/mol. The van der Waals surface area contributed by atoms with E-state index in [-0.39, 0.29) is 8.81 Å². The van der Waals surface area contributed by atoms with E-state index in [1.807, 2.05) is 58.0 Å². The smallest absolute Gasteiger partial charge is 0.162 e. The summed E-state index contributed by atoms with van der Waals surface area (Å²) in [6.07, 6.45) is 1.49. The van der Waals surface area contributed by atoms with Crippen LogP contribution in [0.25, 0.3) is 10.9 Å². The second-order valence-corrected chi connectivity index (χ2v) is 8.23. The number of nitrogens with zero attached hydrogens (tertiary/aromatic N) is 2. The van der Waals surface area contributed by atoms with Crippen molar-refractivity contribution in [2.24, 2.45) is 0 Å². The molecule has 1 heterocycles. The Morgan fingerprint density at radius 2 is 1.57 bits per heavy atom. The summed E-state index contributed by atoms with van der Waals surface area (Å²) in [7, 11) is 1.60. The highest BCUT2D eigenvalue weighted by molar-refractivity contribution is 7.68. The van der Waals surface area contributed by atoms with Crippen LogP contribution >= 0.6 is 17.0 Å². The van der Waals surface area contributed by atoms with Gasteiger partial charge in [0.25, 0.3) is 0 Å². The molecule has 3 rings (SSSR count). The molecule has 3 N–H and O–H groups in total. The zero-order chi connectivity index (χ0) is 22.5. The summed E-state index contributed by atoms with van der Waals surface area (Å²) in [6.45, 7) is 8.00. The highest BCUT2D eigenvalue weighted by atomic mass is 31.2. The van der Waals surface area contributed by atoms with Crippen molar-refractivity contribution in [1.29, 1.82) is 0 Å². The van der Waals surface area contributed by atoms with Crippen LogP contribution in [0.2, 0.25) is 0 Å². The van der Waals surface area contributed by atoms with Crippen molar-refractivity contribution in [2.45, 2.75) is 27.7 Å². The molecular formula is C21H31N3O4P2. The average molecular weight is 451 g/mol. The van der Waals surface area contributed by atoms with E-state index >= 15 is 0 Å². The van der Waals surface area contributed by atoms with Gasteiger partial charge in [0, 0.05) is 37.2 Å². The standard InChI is InChI=1S/C17H19N3O4P2.2C2H6/c1-23-15-7-13-14(8-16(15)24-2)18-9-19-17(13)20-11-3-5-12(6-4-11)26(22)10-25-21;2*1-2/h3-9,21-22,25H,10H2,1-2H3,(H,18,19,20);2*1-2H3. The van der Waals surface area contributed by atoms with Crippen LogP contribution in [-0.2, 0) is 0 Å². The quantitative estimate of drug-likeness (QED) is 0.435. The van der Waals surface area contributed by atoms with Gasteiger partial charge in [0.15, 0.2) is 11.5 Å². The molecule has 0 fully saturated rings. The van der Waals surface area contributed by atoms with Crippen LogP contribution in [0.4, 0.5) is 11.5 Å². The largest absolute Gasteiger partial charge is 0.493 e. The normalized spacial score (nSPS) is 11.2. The van der Waals surface area contributed by atoms with E-state index in [0.29, 0.717) is 23.2 Å². The lowest BCUT2D eigenvalue weighted by atomic mass is 10.2. The van der Waals surface area contributed by atoms with E-state index < -0.39 is 8.15 Å². The van der Waals surface area contributed by atoms with Gasteiger partial charge in [-0.15, -0.1) is 0 Å². The van der Waals surface area contributed by atoms with Crippen molar-refractivity contribution in [3.63, 3.8) is 0 Å². The fourth-order valence-electron chi connectivity index (χ4n) is 2.49. The lowest BCUT2D eigenvalue weighted by molar-refractivity contribution is 0.356. The van der Waals surface area contributed by atoms with E-state index in [4.69, 9.17) is 14.4 Å². The van der Waals surface area contributed by atoms with Gasteiger partial charge in [-0.05, 0) is 18.2 Å². The fourth-order valence-corrected chi connectivity index (χ4v) is 4.25. The first kappa shape index (κ1) is 26.0. The van der Waals surface area contributed by atoms with Crippen LogP contribution < -0.4 is 20.1 Å². The molecule has 30 heavy (non-hydrogen) atoms. The second kappa shape index (κ2) is 14.1. The molecule has 0 aliphatic heterocycles. The van der Waals surface area contributed by atoms with E-state index in [1.165, 1.54) is 6.33 Å². The molecule has 0 saturated heterocycles. The number of aromatic nitrogens is 2. The Hall–Kier alpha value is -2.04. The van der Waals surface area contributed by atoms with Crippen LogP contribution in [0.3, 0.4) is 0 Å². The van der Waals surface area contributed by atoms with Gasteiger partial charge in [-0.3, -0.25) is 0 Å². The number of nitrogens with one attached hydrogen (secondary N) is 1. The second-order valence-electron chi connectivity index (χ2n) is 5.33. The highest BCUT2D eigenvalue weighted by Crippen LogP contribution is 2.36. The maximum atomic E-state index is 9.99. The van der Waals surface area contributed by atoms with Crippen LogP contribution in [0, 0.1) is 0 Å². The number of hydrogen-bond donors (Lipinski definition) is 3. The molecule has 0 amide bonds. The first-order valence-corrected chi connectivity index (χ1v) is 12.4. The molecule has 1 aromatic heterocycles. The Bertz CT molecular complexity index is 895. The Kier molecular flexibility index (Phi) is 12.2. The summed E-state index contributed by atoms with van der Waals surface area (Å²) in [5.41, 5.74) is 1.57. The van der Waals surface area contributed by atoms with Gasteiger partial charge >= 0.3 is 0 Å². The summed E-state index contributed by atoms with van der Waals surface area (Å²) < 4.78 is 10.7. The number of methoxy groups -OCH3 is 2. The summed E-state index contributed by atoms with van der Waals surface area (Å²) >= 11 is 0. The lowest BCUT2D eigenvalue weighted by Crippen LogP contribution is -2.02. The van der Waals surface area contributed by atoms with Gasteiger partial charge in [0.1, 0.15) is 12.1 Å². The predicted octanol–water partition coefficient (Wildman–Crippen LogP) is 5.00. The molecule has 0 saturated carbocycles. The van der Waals surface area contributed by atoms with Crippen LogP contribution in [-0.4, -0.2) is 39.9 Å². The Labute approximate surface area is 181 Å². The molecular weight excluding hydrogens is 420 g/mol. The maximum Gasteiger partial charge on any atom is 0.162 e. The number of hydrogen-bond acceptors (Lipinski definition) is 7. The number of fused-ring (bicyclic) bond motifs is 1. The van der Waals surface area contributed by atoms with Gasteiger partial charge in [0.2, 0.25) is 0 Å². The van der Waals surface area contributed by atoms with Crippen molar-refractivity contribution in [2.75, 3.05) is 25.4 Å². The molecule has 0 radical (unpaired) electrons. The maximum absolute atomic E-state index is 9.99. The van der Waals surface area contributed by atoms with Gasteiger partial charge < -0.3 is 24.6 Å². The first-order chi connectivity index (χ1) is 14.7. The molecule has 0 aliphatic carbocycles. The molecule has 0 aliphatic rings. The van der Waals surface area contributed by atoms with Crippen molar-refractivity contribution in [1.82, 2.24) is 9.97 Å². The molecule has 2 atom stereocenters. The topological polar surface area (TPSA) is 96.7 Å². The summed E-state index contributed by atoms with van der Waals surface area (Å²) in [5, 5.41) is 4.89. The number of rotatable bonds is 7. The number of ether oxygens (including phenoxy) is 2. The van der Waals surface area contributed by atoms with E-state index in [0.717, 1.165) is 21.9 Å².